The van der Waals surface area contributed by atoms with Gasteiger partial charge in [-0.2, -0.15) is 0 Å². The molecule has 1 saturated heterocycles. The number of fused-ring (bicyclic) bond motifs is 1. The highest BCUT2D eigenvalue weighted by molar-refractivity contribution is 7.20. The van der Waals surface area contributed by atoms with Gasteiger partial charge in [-0.15, -0.1) is 11.3 Å². The second-order valence-electron chi connectivity index (χ2n) is 6.14. The molecule has 1 aliphatic rings. The van der Waals surface area contributed by atoms with Crippen molar-refractivity contribution < 1.29 is 9.53 Å². The fourth-order valence-electron chi connectivity index (χ4n) is 3.05. The predicted octanol–water partition coefficient (Wildman–Crippen LogP) is 2.99. The molecule has 124 valence electrons. The molecule has 1 amide bonds. The number of hydrogen-bond acceptors (Lipinski definition) is 4. The highest BCUT2D eigenvalue weighted by Gasteiger charge is 2.20. The van der Waals surface area contributed by atoms with Crippen LogP contribution in [-0.2, 0) is 4.74 Å². The molecule has 0 saturated carbocycles. The molecule has 1 fully saturated rings. The van der Waals surface area contributed by atoms with Crippen LogP contribution in [-0.4, -0.2) is 50.7 Å². The number of hydrogen-bond donors (Lipinski definition) is 1. The Morgan fingerprint density at radius 2 is 2.13 bits per heavy atom. The first-order valence-corrected chi connectivity index (χ1v) is 9.06. The fraction of sp³-hybridized carbons (Fsp3) is 0.500. The lowest BCUT2D eigenvalue weighted by Crippen LogP contribution is -2.39. The Morgan fingerprint density at radius 3 is 2.87 bits per heavy atom. The average Bonchev–Trinajstić information content (AvgIpc) is 3.03. The Kier molecular flexibility index (Phi) is 5.65. The molecule has 0 unspecified atom stereocenters. The SMILES string of the molecule is COCCN1CCC(CNC(=O)c2cc3ccccc3s2)CC1. The van der Waals surface area contributed by atoms with E-state index < -0.39 is 0 Å². The van der Waals surface area contributed by atoms with Crippen LogP contribution < -0.4 is 5.32 Å². The van der Waals surface area contributed by atoms with Crippen LogP contribution in [0.2, 0.25) is 0 Å². The molecule has 1 aliphatic heterocycles. The number of nitrogens with zero attached hydrogens (tertiary/aromatic N) is 1. The topological polar surface area (TPSA) is 41.6 Å². The molecule has 0 spiro atoms. The lowest BCUT2D eigenvalue weighted by Gasteiger charge is -2.31. The normalized spacial score (nSPS) is 16.7. The van der Waals surface area contributed by atoms with Gasteiger partial charge in [0.1, 0.15) is 0 Å². The Balaban J connectivity index is 1.46. The van der Waals surface area contributed by atoms with Gasteiger partial charge < -0.3 is 15.0 Å². The zero-order chi connectivity index (χ0) is 16.1. The number of ether oxygens (including phenoxy) is 1. The zero-order valence-electron chi connectivity index (χ0n) is 13.6. The monoisotopic (exact) mass is 332 g/mol. The number of amides is 1. The Hall–Kier alpha value is -1.43. The molecule has 5 heteroatoms. The number of likely N-dealkylation sites (tertiary alicyclic amines) is 1. The van der Waals surface area contributed by atoms with Gasteiger partial charge in [-0.05, 0) is 49.4 Å². The quantitative estimate of drug-likeness (QED) is 0.884. The smallest absolute Gasteiger partial charge is 0.261 e. The van der Waals surface area contributed by atoms with Crippen molar-refractivity contribution >= 4 is 27.3 Å². The van der Waals surface area contributed by atoms with Crippen molar-refractivity contribution in [2.45, 2.75) is 12.8 Å². The van der Waals surface area contributed by atoms with Gasteiger partial charge in [-0.3, -0.25) is 4.79 Å². The van der Waals surface area contributed by atoms with E-state index in [1.165, 1.54) is 4.70 Å². The zero-order valence-corrected chi connectivity index (χ0v) is 14.4. The first kappa shape index (κ1) is 16.4. The highest BCUT2D eigenvalue weighted by Crippen LogP contribution is 2.25. The summed E-state index contributed by atoms with van der Waals surface area (Å²) in [5.41, 5.74) is 0. The molecule has 2 heterocycles. The van der Waals surface area contributed by atoms with Gasteiger partial charge in [-0.25, -0.2) is 0 Å². The highest BCUT2D eigenvalue weighted by atomic mass is 32.1. The molecule has 0 aliphatic carbocycles. The number of nitrogens with one attached hydrogen (secondary N) is 1. The number of thiophene rings is 1. The molecular weight excluding hydrogens is 308 g/mol. The van der Waals surface area contributed by atoms with Crippen LogP contribution in [0.1, 0.15) is 22.5 Å². The van der Waals surface area contributed by atoms with E-state index in [2.05, 4.69) is 22.3 Å². The second-order valence-corrected chi connectivity index (χ2v) is 7.22. The molecule has 1 aromatic carbocycles. The van der Waals surface area contributed by atoms with Crippen molar-refractivity contribution in [1.82, 2.24) is 10.2 Å². The van der Waals surface area contributed by atoms with Crippen LogP contribution in [0.15, 0.2) is 30.3 Å². The van der Waals surface area contributed by atoms with Gasteiger partial charge in [0.05, 0.1) is 11.5 Å². The van der Waals surface area contributed by atoms with Crippen molar-refractivity contribution in [2.75, 3.05) is 39.9 Å². The molecule has 0 radical (unpaired) electrons. The van der Waals surface area contributed by atoms with Crippen molar-refractivity contribution in [3.8, 4) is 0 Å². The first-order chi connectivity index (χ1) is 11.3. The summed E-state index contributed by atoms with van der Waals surface area (Å²) < 4.78 is 6.30. The third-order valence-electron chi connectivity index (χ3n) is 4.52. The fourth-order valence-corrected chi connectivity index (χ4v) is 4.03. The van der Waals surface area contributed by atoms with Crippen LogP contribution in [0, 0.1) is 5.92 Å². The van der Waals surface area contributed by atoms with E-state index >= 15 is 0 Å². The lowest BCUT2D eigenvalue weighted by molar-refractivity contribution is 0.0930. The third kappa shape index (κ3) is 4.31. The van der Waals surface area contributed by atoms with Crippen LogP contribution in [0.3, 0.4) is 0 Å². The minimum atomic E-state index is 0.0630. The van der Waals surface area contributed by atoms with E-state index in [0.717, 1.165) is 55.9 Å². The van der Waals surface area contributed by atoms with Crippen molar-refractivity contribution in [2.24, 2.45) is 5.92 Å². The summed E-state index contributed by atoms with van der Waals surface area (Å²) in [6.07, 6.45) is 2.30. The first-order valence-electron chi connectivity index (χ1n) is 8.24. The molecular formula is C18H24N2O2S. The molecule has 4 nitrogen and oxygen atoms in total. The molecule has 23 heavy (non-hydrogen) atoms. The Bertz CT molecular complexity index is 614. The summed E-state index contributed by atoms with van der Waals surface area (Å²) in [6, 6.07) is 10.1. The minimum Gasteiger partial charge on any atom is -0.383 e. The molecule has 0 bridgehead atoms. The van der Waals surface area contributed by atoms with Gasteiger partial charge in [0.15, 0.2) is 0 Å². The van der Waals surface area contributed by atoms with Crippen LogP contribution in [0.25, 0.3) is 10.1 Å². The van der Waals surface area contributed by atoms with Crippen molar-refractivity contribution in [3.05, 3.63) is 35.2 Å². The number of piperidine rings is 1. The molecule has 2 aromatic rings. The summed E-state index contributed by atoms with van der Waals surface area (Å²) in [5, 5.41) is 4.26. The van der Waals surface area contributed by atoms with Gasteiger partial charge in [0.2, 0.25) is 0 Å². The maximum Gasteiger partial charge on any atom is 0.261 e. The maximum atomic E-state index is 12.3. The van der Waals surface area contributed by atoms with Crippen molar-refractivity contribution in [3.63, 3.8) is 0 Å². The molecule has 3 rings (SSSR count). The number of benzene rings is 1. The van der Waals surface area contributed by atoms with E-state index in [9.17, 15) is 4.79 Å². The van der Waals surface area contributed by atoms with E-state index in [1.807, 2.05) is 18.2 Å². The Morgan fingerprint density at radius 1 is 1.35 bits per heavy atom. The number of carbonyl (C=O) groups is 1. The van der Waals surface area contributed by atoms with Crippen LogP contribution in [0.4, 0.5) is 0 Å². The largest absolute Gasteiger partial charge is 0.383 e. The van der Waals surface area contributed by atoms with Crippen molar-refractivity contribution in [1.29, 1.82) is 0 Å². The summed E-state index contributed by atoms with van der Waals surface area (Å²) in [6.45, 7) is 4.80. The Labute approximate surface area is 141 Å². The van der Waals surface area contributed by atoms with Crippen LogP contribution in [0.5, 0.6) is 0 Å². The number of carbonyl (C=O) groups excluding carboxylic acids is 1. The lowest BCUT2D eigenvalue weighted by atomic mass is 9.97. The van der Waals surface area contributed by atoms with Gasteiger partial charge in [-0.1, -0.05) is 18.2 Å². The molecule has 0 atom stereocenters. The van der Waals surface area contributed by atoms with E-state index in [1.54, 1.807) is 18.4 Å². The predicted molar refractivity (Wildman–Crippen MR) is 95.2 cm³/mol. The summed E-state index contributed by atoms with van der Waals surface area (Å²) in [4.78, 5) is 15.6. The standard InChI is InChI=1S/C18H24N2O2S/c1-22-11-10-20-8-6-14(7-9-20)13-19-18(21)17-12-15-4-2-3-5-16(15)23-17/h2-5,12,14H,6-11,13H2,1H3,(H,19,21). The number of rotatable bonds is 6. The van der Waals surface area contributed by atoms with E-state index in [-0.39, 0.29) is 5.91 Å². The third-order valence-corrected chi connectivity index (χ3v) is 5.63. The maximum absolute atomic E-state index is 12.3. The molecule has 1 N–H and O–H groups in total. The van der Waals surface area contributed by atoms with Gasteiger partial charge in [0.25, 0.3) is 5.91 Å². The van der Waals surface area contributed by atoms with E-state index in [0.29, 0.717) is 5.92 Å². The summed E-state index contributed by atoms with van der Waals surface area (Å²) in [5.74, 6) is 0.653. The molecule has 1 aromatic heterocycles. The van der Waals surface area contributed by atoms with Gasteiger partial charge >= 0.3 is 0 Å². The number of methoxy groups -OCH3 is 1. The van der Waals surface area contributed by atoms with Gasteiger partial charge in [0, 0.05) is 24.9 Å². The summed E-state index contributed by atoms with van der Waals surface area (Å²) >= 11 is 1.57. The minimum absolute atomic E-state index is 0.0630. The average molecular weight is 332 g/mol. The van der Waals surface area contributed by atoms with Crippen LogP contribution >= 0.6 is 11.3 Å². The summed E-state index contributed by atoms with van der Waals surface area (Å²) in [7, 11) is 1.75. The van der Waals surface area contributed by atoms with E-state index in [4.69, 9.17) is 4.74 Å². The second kappa shape index (κ2) is 7.90.